The summed E-state index contributed by atoms with van der Waals surface area (Å²) < 4.78 is 0. The summed E-state index contributed by atoms with van der Waals surface area (Å²) in [6, 6.07) is 5.69. The van der Waals surface area contributed by atoms with Crippen LogP contribution in [0.1, 0.15) is 12.1 Å². The lowest BCUT2D eigenvalue weighted by atomic mass is 10.3. The van der Waals surface area contributed by atoms with Crippen LogP contribution in [0.2, 0.25) is 0 Å². The van der Waals surface area contributed by atoms with Crippen LogP contribution in [0.15, 0.2) is 18.2 Å². The molecule has 4 heteroatoms. The number of thiol groups is 1. The number of nitrogens with zero attached hydrogens (tertiary/aromatic N) is 2. The van der Waals surface area contributed by atoms with E-state index in [2.05, 4.69) is 17.6 Å². The maximum atomic E-state index is 11.5. The van der Waals surface area contributed by atoms with E-state index in [1.165, 1.54) is 0 Å². The van der Waals surface area contributed by atoms with E-state index in [4.69, 9.17) is 0 Å². The van der Waals surface area contributed by atoms with Crippen molar-refractivity contribution in [3.8, 4) is 0 Å². The van der Waals surface area contributed by atoms with Crippen molar-refractivity contribution in [2.75, 3.05) is 11.4 Å². The number of aromatic nitrogens is 1. The topological polar surface area (TPSA) is 33.2 Å². The predicted molar refractivity (Wildman–Crippen MR) is 58.7 cm³/mol. The van der Waals surface area contributed by atoms with E-state index in [-0.39, 0.29) is 11.2 Å². The predicted octanol–water partition coefficient (Wildman–Crippen LogP) is 1.43. The van der Waals surface area contributed by atoms with Gasteiger partial charge >= 0.3 is 0 Å². The quantitative estimate of drug-likeness (QED) is 0.708. The number of aryl methyl sites for hydroxylation is 1. The highest BCUT2D eigenvalue weighted by Gasteiger charge is 2.28. The van der Waals surface area contributed by atoms with Gasteiger partial charge in [0, 0.05) is 23.9 Å². The fourth-order valence-electron chi connectivity index (χ4n) is 1.59. The summed E-state index contributed by atoms with van der Waals surface area (Å²) in [4.78, 5) is 17.5. The van der Waals surface area contributed by atoms with E-state index >= 15 is 0 Å². The lowest BCUT2D eigenvalue weighted by molar-refractivity contribution is -0.117. The van der Waals surface area contributed by atoms with Gasteiger partial charge in [0.15, 0.2) is 0 Å². The normalized spacial score (nSPS) is 21.7. The summed E-state index contributed by atoms with van der Waals surface area (Å²) in [5.41, 5.74) is 0.929. The van der Waals surface area contributed by atoms with Gasteiger partial charge in [-0.1, -0.05) is 6.07 Å². The molecule has 1 aliphatic rings. The van der Waals surface area contributed by atoms with Gasteiger partial charge in [-0.25, -0.2) is 4.98 Å². The van der Waals surface area contributed by atoms with Crippen molar-refractivity contribution in [2.45, 2.75) is 18.6 Å². The first-order valence-electron chi connectivity index (χ1n) is 4.59. The van der Waals surface area contributed by atoms with Gasteiger partial charge in [0.25, 0.3) is 0 Å². The lowest BCUT2D eigenvalue weighted by Crippen LogP contribution is -2.25. The highest BCUT2D eigenvalue weighted by atomic mass is 32.1. The molecule has 0 bridgehead atoms. The Morgan fingerprint density at radius 1 is 1.57 bits per heavy atom. The van der Waals surface area contributed by atoms with Crippen molar-refractivity contribution >= 4 is 24.4 Å². The van der Waals surface area contributed by atoms with Gasteiger partial charge in [-0.3, -0.25) is 9.69 Å². The summed E-state index contributed by atoms with van der Waals surface area (Å²) in [7, 11) is 0. The van der Waals surface area contributed by atoms with E-state index in [1.807, 2.05) is 25.1 Å². The minimum Gasteiger partial charge on any atom is -0.296 e. The van der Waals surface area contributed by atoms with Crippen LogP contribution in [-0.2, 0) is 4.79 Å². The number of pyridine rings is 1. The van der Waals surface area contributed by atoms with Crippen molar-refractivity contribution in [3.05, 3.63) is 23.9 Å². The van der Waals surface area contributed by atoms with Crippen molar-refractivity contribution < 1.29 is 4.79 Å². The minimum atomic E-state index is 0.114. The second kappa shape index (κ2) is 3.61. The molecule has 3 nitrogen and oxygen atoms in total. The van der Waals surface area contributed by atoms with Crippen LogP contribution in [0.3, 0.4) is 0 Å². The molecule has 1 saturated heterocycles. The Balaban J connectivity index is 2.27. The number of carbonyl (C=O) groups excluding carboxylic acids is 1. The van der Waals surface area contributed by atoms with Crippen molar-refractivity contribution in [2.24, 2.45) is 0 Å². The third-order valence-corrected chi connectivity index (χ3v) is 2.60. The number of carbonyl (C=O) groups is 1. The zero-order chi connectivity index (χ0) is 10.1. The van der Waals surface area contributed by atoms with Crippen molar-refractivity contribution in [1.82, 2.24) is 4.98 Å². The molecule has 0 radical (unpaired) electrons. The smallest absolute Gasteiger partial charge is 0.229 e. The summed E-state index contributed by atoms with van der Waals surface area (Å²) in [5, 5.41) is 0.143. The van der Waals surface area contributed by atoms with Gasteiger partial charge in [-0.15, -0.1) is 0 Å². The molecule has 1 aliphatic heterocycles. The van der Waals surface area contributed by atoms with E-state index in [1.54, 1.807) is 4.90 Å². The second-order valence-electron chi connectivity index (χ2n) is 3.50. The van der Waals surface area contributed by atoms with Gasteiger partial charge in [0.2, 0.25) is 5.91 Å². The van der Waals surface area contributed by atoms with E-state index < -0.39 is 0 Å². The Hall–Kier alpha value is -1.03. The first kappa shape index (κ1) is 9.52. The van der Waals surface area contributed by atoms with E-state index in [0.29, 0.717) is 13.0 Å². The molecule has 1 aromatic heterocycles. The number of hydrogen-bond donors (Lipinski definition) is 1. The van der Waals surface area contributed by atoms with Crippen LogP contribution in [0.25, 0.3) is 0 Å². The standard InChI is InChI=1S/C10H12N2OS/c1-7-3-2-4-9(11-7)12-6-8(14)5-10(12)13/h2-4,8,14H,5-6H2,1H3. The fraction of sp³-hybridized carbons (Fsp3) is 0.400. The molecule has 1 atom stereocenters. The lowest BCUT2D eigenvalue weighted by Gasteiger charge is -2.14. The Labute approximate surface area is 88.5 Å². The SMILES string of the molecule is Cc1cccc(N2CC(S)CC2=O)n1. The summed E-state index contributed by atoms with van der Waals surface area (Å²) >= 11 is 4.30. The maximum absolute atomic E-state index is 11.5. The first-order chi connectivity index (χ1) is 6.66. The van der Waals surface area contributed by atoms with Crippen LogP contribution in [0.4, 0.5) is 5.82 Å². The molecule has 0 aliphatic carbocycles. The van der Waals surface area contributed by atoms with Crippen LogP contribution in [0.5, 0.6) is 0 Å². The Morgan fingerprint density at radius 3 is 2.93 bits per heavy atom. The molecule has 1 unspecified atom stereocenters. The molecule has 0 spiro atoms. The molecule has 0 aromatic carbocycles. The third-order valence-electron chi connectivity index (χ3n) is 2.25. The van der Waals surface area contributed by atoms with Crippen LogP contribution < -0.4 is 4.90 Å². The Kier molecular flexibility index (Phi) is 2.46. The van der Waals surface area contributed by atoms with Gasteiger partial charge in [-0.05, 0) is 19.1 Å². The zero-order valence-electron chi connectivity index (χ0n) is 7.97. The number of anilines is 1. The first-order valence-corrected chi connectivity index (χ1v) is 5.10. The molecule has 14 heavy (non-hydrogen) atoms. The maximum Gasteiger partial charge on any atom is 0.229 e. The van der Waals surface area contributed by atoms with Gasteiger partial charge in [0.1, 0.15) is 5.82 Å². The van der Waals surface area contributed by atoms with Crippen LogP contribution >= 0.6 is 12.6 Å². The Bertz CT molecular complexity index is 367. The second-order valence-corrected chi connectivity index (χ2v) is 4.23. The highest BCUT2D eigenvalue weighted by Crippen LogP contribution is 2.22. The zero-order valence-corrected chi connectivity index (χ0v) is 8.87. The summed E-state index contributed by atoms with van der Waals surface area (Å²) in [6.45, 7) is 2.58. The van der Waals surface area contributed by atoms with Crippen molar-refractivity contribution in [1.29, 1.82) is 0 Å². The third kappa shape index (κ3) is 1.75. The molecular formula is C10H12N2OS. The van der Waals surface area contributed by atoms with Gasteiger partial charge in [0.05, 0.1) is 0 Å². The molecule has 1 amide bonds. The van der Waals surface area contributed by atoms with Crippen LogP contribution in [0, 0.1) is 6.92 Å². The molecule has 2 rings (SSSR count). The molecule has 2 heterocycles. The monoisotopic (exact) mass is 208 g/mol. The summed E-state index contributed by atoms with van der Waals surface area (Å²) in [6.07, 6.45) is 0.513. The van der Waals surface area contributed by atoms with Crippen molar-refractivity contribution in [3.63, 3.8) is 0 Å². The Morgan fingerprint density at radius 2 is 2.36 bits per heavy atom. The van der Waals surface area contributed by atoms with Gasteiger partial charge in [-0.2, -0.15) is 12.6 Å². The molecule has 0 N–H and O–H groups in total. The average Bonchev–Trinajstić information content (AvgIpc) is 2.45. The molecule has 1 fully saturated rings. The molecular weight excluding hydrogens is 196 g/mol. The molecule has 0 saturated carbocycles. The largest absolute Gasteiger partial charge is 0.296 e. The van der Waals surface area contributed by atoms with E-state index in [9.17, 15) is 4.79 Å². The minimum absolute atomic E-state index is 0.114. The number of hydrogen-bond acceptors (Lipinski definition) is 3. The van der Waals surface area contributed by atoms with Crippen LogP contribution in [-0.4, -0.2) is 22.7 Å². The fourth-order valence-corrected chi connectivity index (χ4v) is 1.91. The summed E-state index contributed by atoms with van der Waals surface area (Å²) in [5.74, 6) is 0.856. The number of rotatable bonds is 1. The van der Waals surface area contributed by atoms with E-state index in [0.717, 1.165) is 11.5 Å². The molecule has 1 aromatic rings. The number of amides is 1. The average molecular weight is 208 g/mol. The molecule has 74 valence electrons. The highest BCUT2D eigenvalue weighted by molar-refractivity contribution is 7.81. The van der Waals surface area contributed by atoms with Gasteiger partial charge < -0.3 is 0 Å².